The lowest BCUT2D eigenvalue weighted by Gasteiger charge is -2.36. The van der Waals surface area contributed by atoms with Gasteiger partial charge >= 0.3 is 5.97 Å². The van der Waals surface area contributed by atoms with Crippen molar-refractivity contribution in [3.8, 4) is 0 Å². The van der Waals surface area contributed by atoms with Crippen LogP contribution in [0, 0.1) is 0 Å². The van der Waals surface area contributed by atoms with Crippen LogP contribution in [0.1, 0.15) is 17.7 Å². The van der Waals surface area contributed by atoms with E-state index in [4.69, 9.17) is 26.7 Å². The molecule has 0 saturated carbocycles. The molecule has 10 heteroatoms. The van der Waals surface area contributed by atoms with Crippen molar-refractivity contribution >= 4 is 51.5 Å². The minimum atomic E-state index is -1.16. The summed E-state index contributed by atoms with van der Waals surface area (Å²) in [6.45, 7) is 3.21. The molecule has 0 bridgehead atoms. The van der Waals surface area contributed by atoms with Gasteiger partial charge in [-0.1, -0.05) is 23.7 Å². The maximum Gasteiger partial charge on any atom is 0.307 e. The first-order valence-electron chi connectivity index (χ1n) is 11.6. The first-order valence-corrected chi connectivity index (χ1v) is 13.3. The second kappa shape index (κ2) is 10.2. The molecule has 8 nitrogen and oxygen atoms in total. The van der Waals surface area contributed by atoms with Crippen LogP contribution in [0.4, 0.5) is 23.1 Å². The van der Waals surface area contributed by atoms with Crippen LogP contribution in [0.2, 0.25) is 5.02 Å². The van der Waals surface area contributed by atoms with Crippen molar-refractivity contribution in [2.75, 3.05) is 47.0 Å². The minimum Gasteiger partial charge on any atom is -0.481 e. The first kappa shape index (κ1) is 23.6. The molecule has 3 aromatic rings. The number of halogens is 1. The van der Waals surface area contributed by atoms with Gasteiger partial charge in [-0.2, -0.15) is 4.98 Å². The molecule has 1 aromatic heterocycles. The van der Waals surface area contributed by atoms with Crippen LogP contribution in [0.3, 0.4) is 0 Å². The molecule has 1 fully saturated rings. The normalized spacial score (nSPS) is 17.7. The number of aliphatic carboxylic acids is 1. The lowest BCUT2D eigenvalue weighted by Crippen LogP contribution is -2.47. The Hall–Kier alpha value is -3.17. The summed E-state index contributed by atoms with van der Waals surface area (Å²) in [5, 5.41) is 13.0. The van der Waals surface area contributed by atoms with Crippen LogP contribution in [0.15, 0.2) is 53.4 Å². The fourth-order valence-corrected chi connectivity index (χ4v) is 5.88. The number of rotatable bonds is 6. The Balaban J connectivity index is 1.37. The number of carboxylic acids is 1. The Labute approximate surface area is 211 Å². The highest BCUT2D eigenvalue weighted by molar-refractivity contribution is 7.85. The molecule has 2 aromatic carbocycles. The van der Waals surface area contributed by atoms with Crippen LogP contribution in [0.5, 0.6) is 0 Å². The quantitative estimate of drug-likeness (QED) is 0.514. The van der Waals surface area contributed by atoms with E-state index in [1.807, 2.05) is 36.4 Å². The van der Waals surface area contributed by atoms with Gasteiger partial charge < -0.3 is 20.2 Å². The van der Waals surface area contributed by atoms with E-state index in [2.05, 4.69) is 15.1 Å². The summed E-state index contributed by atoms with van der Waals surface area (Å²) in [4.78, 5) is 25.8. The van der Waals surface area contributed by atoms with Gasteiger partial charge in [0.25, 0.3) is 0 Å². The van der Waals surface area contributed by atoms with Crippen LogP contribution in [0.25, 0.3) is 0 Å². The van der Waals surface area contributed by atoms with Gasteiger partial charge in [-0.05, 0) is 54.8 Å². The zero-order chi connectivity index (χ0) is 24.4. The third-order valence-electron chi connectivity index (χ3n) is 6.22. The Morgan fingerprint density at radius 1 is 1.00 bits per heavy atom. The maximum atomic E-state index is 12.9. The minimum absolute atomic E-state index is 0.0284. The van der Waals surface area contributed by atoms with Gasteiger partial charge in [0.15, 0.2) is 5.82 Å². The van der Waals surface area contributed by atoms with Crippen molar-refractivity contribution in [1.29, 1.82) is 0 Å². The number of aryl methyl sites for hydroxylation is 1. The molecule has 2 N–H and O–H groups in total. The predicted molar refractivity (Wildman–Crippen MR) is 139 cm³/mol. The Morgan fingerprint density at radius 2 is 1.69 bits per heavy atom. The number of nitrogens with one attached hydrogen (secondary N) is 1. The highest BCUT2D eigenvalue weighted by Crippen LogP contribution is 2.32. The van der Waals surface area contributed by atoms with E-state index in [1.165, 1.54) is 0 Å². The molecule has 182 valence electrons. The Morgan fingerprint density at radius 3 is 2.37 bits per heavy atom. The summed E-state index contributed by atoms with van der Waals surface area (Å²) in [6, 6.07) is 15.1. The number of anilines is 4. The predicted octanol–water partition coefficient (Wildman–Crippen LogP) is 3.88. The molecule has 2 aliphatic rings. The fraction of sp³-hybridized carbons (Fsp3) is 0.320. The topological polar surface area (TPSA) is 98.7 Å². The number of carbonyl (C=O) groups is 1. The Kier molecular flexibility index (Phi) is 6.88. The number of benzene rings is 2. The number of nitrogens with zero attached hydrogens (tertiary/aromatic N) is 4. The van der Waals surface area contributed by atoms with Crippen LogP contribution in [-0.2, 0) is 28.4 Å². The summed E-state index contributed by atoms with van der Waals surface area (Å²) in [6.07, 6.45) is 1.58. The van der Waals surface area contributed by atoms with E-state index in [0.29, 0.717) is 22.4 Å². The number of fused-ring (bicyclic) bond motifs is 1. The zero-order valence-electron chi connectivity index (χ0n) is 19.1. The van der Waals surface area contributed by atoms with E-state index in [1.54, 1.807) is 12.1 Å². The molecule has 35 heavy (non-hydrogen) atoms. The van der Waals surface area contributed by atoms with Gasteiger partial charge in [0, 0.05) is 48.3 Å². The van der Waals surface area contributed by atoms with Gasteiger partial charge in [-0.3, -0.25) is 9.00 Å². The molecule has 0 spiro atoms. The van der Waals surface area contributed by atoms with E-state index in [9.17, 15) is 9.00 Å². The lowest BCUT2D eigenvalue weighted by atomic mass is 10.1. The van der Waals surface area contributed by atoms with Crippen molar-refractivity contribution < 1.29 is 14.1 Å². The third-order valence-corrected chi connectivity index (χ3v) is 8.02. The van der Waals surface area contributed by atoms with Crippen LogP contribution in [-0.4, -0.2) is 57.2 Å². The van der Waals surface area contributed by atoms with Crippen LogP contribution < -0.4 is 15.1 Å². The van der Waals surface area contributed by atoms with Gasteiger partial charge in [-0.25, -0.2) is 4.98 Å². The Bertz CT molecular complexity index is 1250. The van der Waals surface area contributed by atoms with Gasteiger partial charge in [0.1, 0.15) is 4.90 Å². The average molecular weight is 512 g/mol. The number of hydrogen-bond acceptors (Lipinski definition) is 7. The number of piperazine rings is 1. The van der Waals surface area contributed by atoms with Crippen molar-refractivity contribution in [2.45, 2.75) is 24.2 Å². The molecule has 5 rings (SSSR count). The molecular weight excluding hydrogens is 486 g/mol. The molecule has 2 aliphatic heterocycles. The maximum absolute atomic E-state index is 12.9. The highest BCUT2D eigenvalue weighted by atomic mass is 35.5. The molecule has 0 unspecified atom stereocenters. The summed E-state index contributed by atoms with van der Waals surface area (Å²) in [5.41, 5.74) is 3.46. The first-order chi connectivity index (χ1) is 17.0. The largest absolute Gasteiger partial charge is 0.481 e. The van der Waals surface area contributed by atoms with Crippen molar-refractivity contribution in [3.05, 3.63) is 64.8 Å². The molecule has 1 atom stereocenters. The van der Waals surface area contributed by atoms with Gasteiger partial charge in [0.2, 0.25) is 5.95 Å². The molecule has 3 heterocycles. The molecule has 0 aliphatic carbocycles. The van der Waals surface area contributed by atoms with Gasteiger partial charge in [0.05, 0.1) is 22.9 Å². The van der Waals surface area contributed by atoms with E-state index in [0.717, 1.165) is 66.7 Å². The number of hydrogen-bond donors (Lipinski definition) is 2. The molecule has 0 radical (unpaired) electrons. The fourth-order valence-electron chi connectivity index (χ4n) is 4.43. The average Bonchev–Trinajstić information content (AvgIpc) is 2.85. The standard InChI is InChI=1S/C25H26ClN5O3S/c26-18-5-9-20(10-6-18)30-11-13-31(14-12-30)25-28-21-2-1-15-35(34)23(21)24(29-25)27-19-7-3-17(4-8-19)16-22(32)33/h3-10H,1-2,11-16H2,(H,32,33)(H,27,28,29)/t35-/m1/s1. The SMILES string of the molecule is O=C(O)Cc1ccc(Nc2nc(N3CCN(c4ccc(Cl)cc4)CC3)nc3c2[S@](=O)CCC3)cc1. The summed E-state index contributed by atoms with van der Waals surface area (Å²) >= 11 is 6.03. The summed E-state index contributed by atoms with van der Waals surface area (Å²) in [7, 11) is -1.16. The molecule has 0 amide bonds. The second-order valence-electron chi connectivity index (χ2n) is 8.64. The molecular formula is C25H26ClN5O3S. The van der Waals surface area contributed by atoms with E-state index in [-0.39, 0.29) is 6.42 Å². The van der Waals surface area contributed by atoms with Crippen molar-refractivity contribution in [3.63, 3.8) is 0 Å². The monoisotopic (exact) mass is 511 g/mol. The summed E-state index contributed by atoms with van der Waals surface area (Å²) < 4.78 is 12.9. The number of aromatic nitrogens is 2. The zero-order valence-corrected chi connectivity index (χ0v) is 20.7. The van der Waals surface area contributed by atoms with E-state index < -0.39 is 16.8 Å². The smallest absolute Gasteiger partial charge is 0.307 e. The third kappa shape index (κ3) is 5.41. The van der Waals surface area contributed by atoms with E-state index >= 15 is 0 Å². The summed E-state index contributed by atoms with van der Waals surface area (Å²) in [5.74, 6) is 0.936. The molecule has 1 saturated heterocycles. The van der Waals surface area contributed by atoms with Gasteiger partial charge in [-0.15, -0.1) is 0 Å². The lowest BCUT2D eigenvalue weighted by molar-refractivity contribution is -0.136. The van der Waals surface area contributed by atoms with Crippen LogP contribution >= 0.6 is 11.6 Å². The van der Waals surface area contributed by atoms with Crippen molar-refractivity contribution in [1.82, 2.24) is 9.97 Å². The highest BCUT2D eigenvalue weighted by Gasteiger charge is 2.27. The van der Waals surface area contributed by atoms with Crippen molar-refractivity contribution in [2.24, 2.45) is 0 Å². The second-order valence-corrected chi connectivity index (χ2v) is 10.6. The number of carboxylic acid groups (broad SMARTS) is 1.